The van der Waals surface area contributed by atoms with Gasteiger partial charge in [-0.1, -0.05) is 12.5 Å². The Bertz CT molecular complexity index is 569. The highest BCUT2D eigenvalue weighted by Crippen LogP contribution is 2.34. The molecule has 2 aromatic rings. The predicted molar refractivity (Wildman–Crippen MR) is 64.0 cm³/mol. The first-order chi connectivity index (χ1) is 8.24. The highest BCUT2D eigenvalue weighted by molar-refractivity contribution is 5.77. The molecule has 1 aliphatic rings. The van der Waals surface area contributed by atoms with Gasteiger partial charge in [-0.3, -0.25) is 4.79 Å². The topological polar surface area (TPSA) is 47.3 Å². The number of nitrogens with zero attached hydrogens (tertiary/aromatic N) is 3. The van der Waals surface area contributed by atoms with Gasteiger partial charge in [0.25, 0.3) is 0 Å². The number of carbonyl (C=O) groups excluding carboxylic acids is 1. The highest BCUT2D eigenvalue weighted by Gasteiger charge is 2.24. The van der Waals surface area contributed by atoms with Gasteiger partial charge in [0, 0.05) is 12.3 Å². The van der Waals surface area contributed by atoms with Crippen LogP contribution in [0.25, 0.3) is 5.65 Å². The van der Waals surface area contributed by atoms with Gasteiger partial charge in [0.1, 0.15) is 5.78 Å². The van der Waals surface area contributed by atoms with E-state index in [1.165, 1.54) is 19.3 Å². The molecule has 88 valence electrons. The lowest BCUT2D eigenvalue weighted by Gasteiger charge is -2.21. The van der Waals surface area contributed by atoms with Crippen LogP contribution in [0.15, 0.2) is 18.2 Å². The van der Waals surface area contributed by atoms with Crippen LogP contribution in [0, 0.1) is 0 Å². The van der Waals surface area contributed by atoms with Crippen LogP contribution >= 0.6 is 0 Å². The standard InChI is InChI=1S/C13H15N3O/c1-9(17)8-11-6-3-7-12-14-13(15-16(11)12)10-4-2-5-10/h3,6-7,10H,2,4-5,8H2,1H3. The minimum absolute atomic E-state index is 0.151. The summed E-state index contributed by atoms with van der Waals surface area (Å²) in [4.78, 5) is 15.7. The molecule has 3 rings (SSSR count). The Labute approximate surface area is 99.7 Å². The van der Waals surface area contributed by atoms with Gasteiger partial charge in [-0.05, 0) is 31.9 Å². The maximum absolute atomic E-state index is 11.2. The molecule has 0 aromatic carbocycles. The summed E-state index contributed by atoms with van der Waals surface area (Å²) in [6.07, 6.45) is 4.09. The largest absolute Gasteiger partial charge is 0.300 e. The van der Waals surface area contributed by atoms with Crippen LogP contribution in [0.4, 0.5) is 0 Å². The Hall–Kier alpha value is -1.71. The van der Waals surface area contributed by atoms with E-state index in [4.69, 9.17) is 0 Å². The van der Waals surface area contributed by atoms with E-state index in [-0.39, 0.29) is 5.78 Å². The number of hydrogen-bond donors (Lipinski definition) is 0. The fraction of sp³-hybridized carbons (Fsp3) is 0.462. The summed E-state index contributed by atoms with van der Waals surface area (Å²) in [5.41, 5.74) is 1.78. The fourth-order valence-corrected chi connectivity index (χ4v) is 2.20. The van der Waals surface area contributed by atoms with E-state index in [0.29, 0.717) is 12.3 Å². The van der Waals surface area contributed by atoms with Crippen molar-refractivity contribution in [1.29, 1.82) is 0 Å². The van der Waals surface area contributed by atoms with Crippen molar-refractivity contribution in [1.82, 2.24) is 14.6 Å². The molecule has 1 fully saturated rings. The number of hydrogen-bond acceptors (Lipinski definition) is 3. The minimum Gasteiger partial charge on any atom is -0.300 e. The van der Waals surface area contributed by atoms with Gasteiger partial charge >= 0.3 is 0 Å². The summed E-state index contributed by atoms with van der Waals surface area (Å²) in [5.74, 6) is 1.62. The molecule has 1 saturated carbocycles. The quantitative estimate of drug-likeness (QED) is 0.810. The van der Waals surface area contributed by atoms with E-state index in [0.717, 1.165) is 17.2 Å². The third-order valence-corrected chi connectivity index (χ3v) is 3.35. The highest BCUT2D eigenvalue weighted by atomic mass is 16.1. The summed E-state index contributed by atoms with van der Waals surface area (Å²) in [7, 11) is 0. The second-order valence-corrected chi connectivity index (χ2v) is 4.76. The molecule has 1 aliphatic carbocycles. The minimum atomic E-state index is 0.151. The van der Waals surface area contributed by atoms with Crippen LogP contribution in [0.2, 0.25) is 0 Å². The first-order valence-corrected chi connectivity index (χ1v) is 6.08. The van der Waals surface area contributed by atoms with Gasteiger partial charge in [0.15, 0.2) is 11.5 Å². The maximum Gasteiger partial charge on any atom is 0.155 e. The molecule has 4 nitrogen and oxygen atoms in total. The summed E-state index contributed by atoms with van der Waals surface area (Å²) in [6, 6.07) is 5.82. The molecule has 0 saturated heterocycles. The molecule has 0 bridgehead atoms. The molecule has 0 aliphatic heterocycles. The average molecular weight is 229 g/mol. The van der Waals surface area contributed by atoms with Crippen molar-refractivity contribution in [3.05, 3.63) is 29.7 Å². The van der Waals surface area contributed by atoms with Gasteiger partial charge in [0.05, 0.1) is 5.69 Å². The van der Waals surface area contributed by atoms with Gasteiger partial charge in [-0.2, -0.15) is 5.10 Å². The van der Waals surface area contributed by atoms with Crippen molar-refractivity contribution >= 4 is 11.4 Å². The van der Waals surface area contributed by atoms with Gasteiger partial charge in [-0.15, -0.1) is 0 Å². The van der Waals surface area contributed by atoms with Crippen molar-refractivity contribution in [3.63, 3.8) is 0 Å². The normalized spacial score (nSPS) is 16.1. The second kappa shape index (κ2) is 3.95. The second-order valence-electron chi connectivity index (χ2n) is 4.76. The lowest BCUT2D eigenvalue weighted by Crippen LogP contribution is -2.11. The summed E-state index contributed by atoms with van der Waals surface area (Å²) in [5, 5.41) is 4.54. The monoisotopic (exact) mass is 229 g/mol. The van der Waals surface area contributed by atoms with E-state index in [1.54, 1.807) is 6.92 Å². The van der Waals surface area contributed by atoms with Crippen LogP contribution in [-0.2, 0) is 11.2 Å². The molecular weight excluding hydrogens is 214 g/mol. The number of ketones is 1. The van der Waals surface area contributed by atoms with Gasteiger partial charge in [0.2, 0.25) is 0 Å². The predicted octanol–water partition coefficient (Wildman–Crippen LogP) is 2.13. The number of carbonyl (C=O) groups is 1. The van der Waals surface area contributed by atoms with Crippen LogP contribution in [0.5, 0.6) is 0 Å². The zero-order valence-electron chi connectivity index (χ0n) is 9.89. The maximum atomic E-state index is 11.2. The molecule has 0 radical (unpaired) electrons. The number of aromatic nitrogens is 3. The third-order valence-electron chi connectivity index (χ3n) is 3.35. The molecule has 0 N–H and O–H groups in total. The van der Waals surface area contributed by atoms with Crippen molar-refractivity contribution in [2.24, 2.45) is 0 Å². The van der Waals surface area contributed by atoms with E-state index in [9.17, 15) is 4.79 Å². The zero-order chi connectivity index (χ0) is 11.8. The first-order valence-electron chi connectivity index (χ1n) is 6.08. The Morgan fingerprint density at radius 3 is 2.94 bits per heavy atom. The smallest absolute Gasteiger partial charge is 0.155 e. The molecule has 2 heterocycles. The summed E-state index contributed by atoms with van der Waals surface area (Å²) < 4.78 is 1.81. The molecule has 0 spiro atoms. The summed E-state index contributed by atoms with van der Waals surface area (Å²) in [6.45, 7) is 1.60. The molecular formula is C13H15N3O. The van der Waals surface area contributed by atoms with Crippen molar-refractivity contribution in [2.75, 3.05) is 0 Å². The Morgan fingerprint density at radius 2 is 2.29 bits per heavy atom. The van der Waals surface area contributed by atoms with Gasteiger partial charge in [-0.25, -0.2) is 9.50 Å². The van der Waals surface area contributed by atoms with Crippen LogP contribution in [-0.4, -0.2) is 20.4 Å². The van der Waals surface area contributed by atoms with Crippen LogP contribution in [0.3, 0.4) is 0 Å². The van der Waals surface area contributed by atoms with E-state index in [2.05, 4.69) is 10.1 Å². The SMILES string of the molecule is CC(=O)Cc1cccc2nc(C3CCC3)nn12. The van der Waals surface area contributed by atoms with Crippen LogP contribution in [0.1, 0.15) is 43.6 Å². The van der Waals surface area contributed by atoms with Crippen LogP contribution < -0.4 is 0 Å². The van der Waals surface area contributed by atoms with E-state index in [1.807, 2.05) is 22.7 Å². The van der Waals surface area contributed by atoms with Gasteiger partial charge < -0.3 is 0 Å². The number of Topliss-reactive ketones (excluding diaryl/α,β-unsaturated/α-hetero) is 1. The average Bonchev–Trinajstić information content (AvgIpc) is 2.58. The number of rotatable bonds is 3. The number of fused-ring (bicyclic) bond motifs is 1. The molecule has 4 heteroatoms. The molecule has 17 heavy (non-hydrogen) atoms. The van der Waals surface area contributed by atoms with Crippen molar-refractivity contribution < 1.29 is 4.79 Å². The van der Waals surface area contributed by atoms with Crippen molar-refractivity contribution in [3.8, 4) is 0 Å². The Morgan fingerprint density at radius 1 is 1.47 bits per heavy atom. The lowest BCUT2D eigenvalue weighted by molar-refractivity contribution is -0.116. The molecule has 0 atom stereocenters. The first kappa shape index (κ1) is 10.4. The Balaban J connectivity index is 2.04. The molecule has 0 amide bonds. The number of pyridine rings is 1. The van der Waals surface area contributed by atoms with E-state index < -0.39 is 0 Å². The molecule has 2 aromatic heterocycles. The molecule has 0 unspecified atom stereocenters. The lowest BCUT2D eigenvalue weighted by atomic mass is 9.85. The Kier molecular flexibility index (Phi) is 2.42. The summed E-state index contributed by atoms with van der Waals surface area (Å²) >= 11 is 0. The fourth-order valence-electron chi connectivity index (χ4n) is 2.20. The van der Waals surface area contributed by atoms with E-state index >= 15 is 0 Å². The van der Waals surface area contributed by atoms with Crippen molar-refractivity contribution in [2.45, 2.75) is 38.5 Å². The third kappa shape index (κ3) is 1.84. The zero-order valence-corrected chi connectivity index (χ0v) is 9.89.